The SMILES string of the molecule is C1=CC=CON=1. The van der Waals surface area contributed by atoms with Gasteiger partial charge in [-0.05, 0) is 11.2 Å². The fourth-order valence-electron chi connectivity index (χ4n) is 0.209. The van der Waals surface area contributed by atoms with Crippen molar-refractivity contribution in [1.29, 1.82) is 0 Å². The number of rotatable bonds is 0. The Morgan fingerprint density at radius 3 is 2.83 bits per heavy atom. The maximum absolute atomic E-state index is 4.37. The Kier molecular flexibility index (Phi) is 0.762. The van der Waals surface area contributed by atoms with E-state index in [1.54, 1.807) is 12.2 Å². The summed E-state index contributed by atoms with van der Waals surface area (Å²) in [5, 5.41) is 3.28. The molecule has 1 rings (SSSR count). The van der Waals surface area contributed by atoms with E-state index in [0.29, 0.717) is 0 Å². The summed E-state index contributed by atoms with van der Waals surface area (Å²) in [6.45, 7) is 0. The lowest BCUT2D eigenvalue weighted by molar-refractivity contribution is 0.269. The molecule has 0 spiro atoms. The summed E-state index contributed by atoms with van der Waals surface area (Å²) >= 11 is 0. The van der Waals surface area contributed by atoms with Gasteiger partial charge in [-0.1, -0.05) is 0 Å². The van der Waals surface area contributed by atoms with E-state index in [1.807, 2.05) is 0 Å². The fourth-order valence-corrected chi connectivity index (χ4v) is 0.209. The van der Waals surface area contributed by atoms with E-state index in [1.165, 1.54) is 6.26 Å². The molecule has 1 heterocycles. The minimum atomic E-state index is 1.48. The Morgan fingerprint density at radius 2 is 2.67 bits per heavy atom. The zero-order valence-electron chi connectivity index (χ0n) is 3.09. The molecule has 0 unspecified atom stereocenters. The molecular formula is C4H3NO. The minimum absolute atomic E-state index is 1.48. The van der Waals surface area contributed by atoms with Crippen LogP contribution in [-0.2, 0) is 4.84 Å². The predicted molar refractivity (Wildman–Crippen MR) is 22.2 cm³/mol. The van der Waals surface area contributed by atoms with Crippen molar-refractivity contribution in [1.82, 2.24) is 0 Å². The van der Waals surface area contributed by atoms with Crippen LogP contribution in [0.5, 0.6) is 0 Å². The first-order valence-electron chi connectivity index (χ1n) is 1.60. The average molecular weight is 81.1 g/mol. The first kappa shape index (κ1) is 3.19. The van der Waals surface area contributed by atoms with Gasteiger partial charge in [0.1, 0.15) is 6.26 Å². The van der Waals surface area contributed by atoms with Crippen LogP contribution in [0.2, 0.25) is 0 Å². The van der Waals surface area contributed by atoms with Crippen LogP contribution in [0.4, 0.5) is 0 Å². The maximum atomic E-state index is 4.37. The zero-order valence-corrected chi connectivity index (χ0v) is 3.09. The van der Waals surface area contributed by atoms with Gasteiger partial charge in [-0.25, -0.2) is 0 Å². The molecule has 30 valence electrons. The summed E-state index contributed by atoms with van der Waals surface area (Å²) in [6, 6.07) is 0. The van der Waals surface area contributed by atoms with Crippen molar-refractivity contribution in [3.63, 3.8) is 0 Å². The summed E-state index contributed by atoms with van der Waals surface area (Å²) in [6.07, 6.45) is 4.87. The third-order valence-corrected chi connectivity index (χ3v) is 0.416. The molecule has 0 aliphatic carbocycles. The molecule has 2 heteroatoms. The standard InChI is InChI=1S/C4H3NO/c1-2-4-6-5-3-1/h1-2,4H. The molecule has 0 bridgehead atoms. The summed E-state index contributed by atoms with van der Waals surface area (Å²) in [7, 11) is 0. The van der Waals surface area contributed by atoms with E-state index in [4.69, 9.17) is 0 Å². The van der Waals surface area contributed by atoms with Crippen LogP contribution in [0.25, 0.3) is 0 Å². The van der Waals surface area contributed by atoms with Crippen molar-refractivity contribution in [2.24, 2.45) is 5.16 Å². The molecule has 6 heavy (non-hydrogen) atoms. The van der Waals surface area contributed by atoms with E-state index < -0.39 is 0 Å². The smallest absolute Gasteiger partial charge is 0.123 e. The predicted octanol–water partition coefficient (Wildman–Crippen LogP) is 0.671. The van der Waals surface area contributed by atoms with Crippen LogP contribution < -0.4 is 0 Å². The summed E-state index contributed by atoms with van der Waals surface area (Å²) < 4.78 is 0. The third-order valence-electron chi connectivity index (χ3n) is 0.416. The van der Waals surface area contributed by atoms with Crippen molar-refractivity contribution in [3.05, 3.63) is 18.4 Å². The molecular weight excluding hydrogens is 78.0 g/mol. The largest absolute Gasteiger partial charge is 0.357 e. The van der Waals surface area contributed by atoms with Crippen molar-refractivity contribution in [2.45, 2.75) is 0 Å². The maximum Gasteiger partial charge on any atom is 0.123 e. The second-order valence-corrected chi connectivity index (χ2v) is 0.821. The van der Waals surface area contributed by atoms with E-state index in [-0.39, 0.29) is 0 Å². The quantitative estimate of drug-likeness (QED) is 0.420. The number of hydrogen-bond donors (Lipinski definition) is 0. The van der Waals surface area contributed by atoms with Crippen LogP contribution in [0.3, 0.4) is 0 Å². The highest BCUT2D eigenvalue weighted by Gasteiger charge is 1.68. The molecule has 0 aromatic carbocycles. The van der Waals surface area contributed by atoms with Crippen molar-refractivity contribution in [3.8, 4) is 0 Å². The van der Waals surface area contributed by atoms with Crippen LogP contribution in [0.15, 0.2) is 23.6 Å². The van der Waals surface area contributed by atoms with Gasteiger partial charge in [-0.15, -0.1) is 0 Å². The average Bonchev–Trinajstić information content (AvgIpc) is 1.72. The molecule has 1 aliphatic rings. The second kappa shape index (κ2) is 1.43. The van der Waals surface area contributed by atoms with Gasteiger partial charge in [-0.3, -0.25) is 0 Å². The van der Waals surface area contributed by atoms with Crippen LogP contribution >= 0.6 is 0 Å². The van der Waals surface area contributed by atoms with Crippen molar-refractivity contribution >= 4 is 5.87 Å². The van der Waals surface area contributed by atoms with Gasteiger partial charge in [0.2, 0.25) is 0 Å². The highest BCUT2D eigenvalue weighted by Crippen LogP contribution is 1.80. The van der Waals surface area contributed by atoms with E-state index in [2.05, 4.69) is 15.9 Å². The number of hydrogen-bond acceptors (Lipinski definition) is 2. The Hall–Kier alpha value is -1.01. The molecule has 0 atom stereocenters. The summed E-state index contributed by atoms with van der Waals surface area (Å²) in [4.78, 5) is 4.37. The normalized spacial score (nSPS) is 14.7. The van der Waals surface area contributed by atoms with Gasteiger partial charge >= 0.3 is 0 Å². The molecule has 2 nitrogen and oxygen atoms in total. The van der Waals surface area contributed by atoms with Gasteiger partial charge in [-0.2, -0.15) is 0 Å². The van der Waals surface area contributed by atoms with Crippen LogP contribution in [0.1, 0.15) is 0 Å². The monoisotopic (exact) mass is 81.0 g/mol. The zero-order chi connectivity index (χ0) is 4.24. The lowest BCUT2D eigenvalue weighted by atomic mass is 10.6. The molecule has 0 radical (unpaired) electrons. The molecule has 0 aromatic rings. The molecule has 0 N–H and O–H groups in total. The van der Waals surface area contributed by atoms with Gasteiger partial charge < -0.3 is 4.84 Å². The van der Waals surface area contributed by atoms with Gasteiger partial charge in [0, 0.05) is 11.9 Å². The molecule has 0 aromatic heterocycles. The van der Waals surface area contributed by atoms with Gasteiger partial charge in [0.25, 0.3) is 0 Å². The first-order valence-corrected chi connectivity index (χ1v) is 1.60. The Morgan fingerprint density at radius 1 is 1.67 bits per heavy atom. The van der Waals surface area contributed by atoms with Crippen LogP contribution in [0, 0.1) is 0 Å². The summed E-state index contributed by atoms with van der Waals surface area (Å²) in [5.41, 5.74) is 0. The van der Waals surface area contributed by atoms with E-state index >= 15 is 0 Å². The van der Waals surface area contributed by atoms with E-state index in [0.717, 1.165) is 0 Å². The minimum Gasteiger partial charge on any atom is -0.357 e. The molecule has 0 saturated carbocycles. The number of nitrogens with zero attached hydrogens (tertiary/aromatic N) is 1. The Balaban J connectivity index is 2.78. The number of allylic oxidation sites excluding steroid dienone is 2. The van der Waals surface area contributed by atoms with Gasteiger partial charge in [0.05, 0.1) is 0 Å². The van der Waals surface area contributed by atoms with Crippen molar-refractivity contribution < 1.29 is 4.84 Å². The fraction of sp³-hybridized carbons (Fsp3) is 0. The van der Waals surface area contributed by atoms with E-state index in [9.17, 15) is 0 Å². The Labute approximate surface area is 35.4 Å². The topological polar surface area (TPSA) is 21.6 Å². The molecule has 1 aliphatic heterocycles. The molecule has 0 amide bonds. The lowest BCUT2D eigenvalue weighted by Gasteiger charge is -1.82. The van der Waals surface area contributed by atoms with Crippen molar-refractivity contribution in [2.75, 3.05) is 0 Å². The molecule has 0 fully saturated rings. The Bertz CT molecular complexity index is 120. The lowest BCUT2D eigenvalue weighted by Crippen LogP contribution is -1.68. The van der Waals surface area contributed by atoms with Gasteiger partial charge in [0.15, 0.2) is 0 Å². The summed E-state index contributed by atoms with van der Waals surface area (Å²) in [5.74, 6) is 2.48. The first-order chi connectivity index (χ1) is 3.00. The molecule has 0 saturated heterocycles. The highest BCUT2D eigenvalue weighted by molar-refractivity contribution is 5.54. The highest BCUT2D eigenvalue weighted by atomic mass is 16.6. The second-order valence-electron chi connectivity index (χ2n) is 0.821. The van der Waals surface area contributed by atoms with Crippen LogP contribution in [-0.4, -0.2) is 5.87 Å². The third kappa shape index (κ3) is 0.476.